The van der Waals surface area contributed by atoms with Crippen molar-refractivity contribution in [3.63, 3.8) is 0 Å². The van der Waals surface area contributed by atoms with Crippen LogP contribution in [0.5, 0.6) is 0 Å². The van der Waals surface area contributed by atoms with Gasteiger partial charge >= 0.3 is 0 Å². The van der Waals surface area contributed by atoms with Gasteiger partial charge in [-0.15, -0.1) is 0 Å². The first kappa shape index (κ1) is 13.1. The zero-order valence-electron chi connectivity index (χ0n) is 10.8. The minimum Gasteiger partial charge on any atom is -0.396 e. The second-order valence-electron chi connectivity index (χ2n) is 5.42. The Morgan fingerprint density at radius 1 is 1.06 bits per heavy atom. The average Bonchev–Trinajstić information content (AvgIpc) is 2.46. The maximum atomic E-state index is 9.11. The summed E-state index contributed by atoms with van der Waals surface area (Å²) >= 11 is 0. The van der Waals surface area contributed by atoms with E-state index in [9.17, 15) is 0 Å². The summed E-state index contributed by atoms with van der Waals surface area (Å²) in [6.07, 6.45) is 7.26. The van der Waals surface area contributed by atoms with Gasteiger partial charge in [0.1, 0.15) is 0 Å². The standard InChI is InChI=1S/C16H21NO/c17-11-15-7-3-13(4-8-15)1-2-14-5-9-16(12-18)10-6-14/h3-4,7-8,14,16,18H,1-2,5-6,9-10,12H2/t14-,16-. The van der Waals surface area contributed by atoms with E-state index in [0.717, 1.165) is 17.9 Å². The van der Waals surface area contributed by atoms with E-state index in [4.69, 9.17) is 10.4 Å². The van der Waals surface area contributed by atoms with Gasteiger partial charge in [0.25, 0.3) is 0 Å². The predicted molar refractivity (Wildman–Crippen MR) is 72.0 cm³/mol. The Bertz CT molecular complexity index is 396. The summed E-state index contributed by atoms with van der Waals surface area (Å²) < 4.78 is 0. The summed E-state index contributed by atoms with van der Waals surface area (Å²) in [4.78, 5) is 0. The lowest BCUT2D eigenvalue weighted by molar-refractivity contribution is 0.164. The molecule has 0 amide bonds. The Labute approximate surface area is 109 Å². The van der Waals surface area contributed by atoms with E-state index in [0.29, 0.717) is 12.5 Å². The third kappa shape index (κ3) is 3.58. The lowest BCUT2D eigenvalue weighted by atomic mass is 9.80. The van der Waals surface area contributed by atoms with Gasteiger partial charge in [-0.25, -0.2) is 0 Å². The molecule has 96 valence electrons. The topological polar surface area (TPSA) is 44.0 Å². The van der Waals surface area contributed by atoms with Crippen LogP contribution in [0.1, 0.15) is 43.2 Å². The highest BCUT2D eigenvalue weighted by Crippen LogP contribution is 2.31. The second kappa shape index (κ2) is 6.56. The van der Waals surface area contributed by atoms with Gasteiger partial charge in [-0.1, -0.05) is 25.0 Å². The van der Waals surface area contributed by atoms with Crippen molar-refractivity contribution >= 4 is 0 Å². The molecule has 18 heavy (non-hydrogen) atoms. The molecule has 1 saturated carbocycles. The quantitative estimate of drug-likeness (QED) is 0.881. The molecule has 0 aliphatic heterocycles. The molecule has 1 aliphatic rings. The molecule has 1 N–H and O–H groups in total. The van der Waals surface area contributed by atoms with Crippen LogP contribution < -0.4 is 0 Å². The molecular formula is C16H21NO. The van der Waals surface area contributed by atoms with E-state index in [2.05, 4.69) is 18.2 Å². The molecule has 1 fully saturated rings. The van der Waals surface area contributed by atoms with Crippen LogP contribution in [0.4, 0.5) is 0 Å². The van der Waals surface area contributed by atoms with E-state index < -0.39 is 0 Å². The Kier molecular flexibility index (Phi) is 4.78. The Balaban J connectivity index is 1.76. The fourth-order valence-electron chi connectivity index (χ4n) is 2.82. The SMILES string of the molecule is N#Cc1ccc(CC[C@H]2CC[C@H](CO)CC2)cc1. The summed E-state index contributed by atoms with van der Waals surface area (Å²) in [5.74, 6) is 1.37. The normalized spacial score (nSPS) is 23.6. The average molecular weight is 243 g/mol. The van der Waals surface area contributed by atoms with Gasteiger partial charge in [0.2, 0.25) is 0 Å². The fourth-order valence-corrected chi connectivity index (χ4v) is 2.82. The Morgan fingerprint density at radius 3 is 2.22 bits per heavy atom. The van der Waals surface area contributed by atoms with Crippen molar-refractivity contribution in [2.24, 2.45) is 11.8 Å². The molecule has 0 unspecified atom stereocenters. The van der Waals surface area contributed by atoms with Gasteiger partial charge in [-0.3, -0.25) is 0 Å². The van der Waals surface area contributed by atoms with Gasteiger partial charge in [0, 0.05) is 6.61 Å². The molecule has 0 radical (unpaired) electrons. The highest BCUT2D eigenvalue weighted by Gasteiger charge is 2.20. The van der Waals surface area contributed by atoms with E-state index >= 15 is 0 Å². The Hall–Kier alpha value is -1.33. The van der Waals surface area contributed by atoms with Crippen LogP contribution in [0.2, 0.25) is 0 Å². The molecule has 2 rings (SSSR count). The lowest BCUT2D eigenvalue weighted by Gasteiger charge is -2.27. The van der Waals surface area contributed by atoms with Crippen molar-refractivity contribution in [1.82, 2.24) is 0 Å². The summed E-state index contributed by atoms with van der Waals surface area (Å²) in [7, 11) is 0. The van der Waals surface area contributed by atoms with Crippen LogP contribution in [-0.2, 0) is 6.42 Å². The van der Waals surface area contributed by atoms with Crippen molar-refractivity contribution in [1.29, 1.82) is 5.26 Å². The largest absolute Gasteiger partial charge is 0.396 e. The van der Waals surface area contributed by atoms with Crippen LogP contribution in [0, 0.1) is 23.2 Å². The van der Waals surface area contributed by atoms with E-state index in [-0.39, 0.29) is 0 Å². The molecule has 0 aromatic heterocycles. The number of hydrogen-bond acceptors (Lipinski definition) is 2. The summed E-state index contributed by atoms with van der Waals surface area (Å²) in [5, 5.41) is 17.8. The summed E-state index contributed by atoms with van der Waals surface area (Å²) in [5.41, 5.74) is 2.07. The minimum atomic E-state index is 0.363. The van der Waals surface area contributed by atoms with Crippen molar-refractivity contribution < 1.29 is 5.11 Å². The van der Waals surface area contributed by atoms with Crippen molar-refractivity contribution in [3.8, 4) is 6.07 Å². The smallest absolute Gasteiger partial charge is 0.0991 e. The third-order valence-corrected chi connectivity index (χ3v) is 4.15. The number of rotatable bonds is 4. The highest BCUT2D eigenvalue weighted by atomic mass is 16.3. The highest BCUT2D eigenvalue weighted by molar-refractivity contribution is 5.31. The number of aliphatic hydroxyl groups excluding tert-OH is 1. The Morgan fingerprint density at radius 2 is 1.67 bits per heavy atom. The van der Waals surface area contributed by atoms with Gasteiger partial charge in [-0.05, 0) is 55.2 Å². The van der Waals surface area contributed by atoms with Crippen LogP contribution in [0.15, 0.2) is 24.3 Å². The third-order valence-electron chi connectivity index (χ3n) is 4.15. The number of nitrogens with zero attached hydrogens (tertiary/aromatic N) is 1. The molecule has 1 aliphatic carbocycles. The monoisotopic (exact) mass is 243 g/mol. The number of aliphatic hydroxyl groups is 1. The molecule has 2 heteroatoms. The minimum absolute atomic E-state index is 0.363. The van der Waals surface area contributed by atoms with Crippen molar-refractivity contribution in [2.45, 2.75) is 38.5 Å². The van der Waals surface area contributed by atoms with Crippen LogP contribution in [-0.4, -0.2) is 11.7 Å². The number of hydrogen-bond donors (Lipinski definition) is 1. The van der Waals surface area contributed by atoms with Crippen LogP contribution in [0.25, 0.3) is 0 Å². The number of aryl methyl sites for hydroxylation is 1. The first-order valence-corrected chi connectivity index (χ1v) is 6.91. The number of benzene rings is 1. The molecule has 0 atom stereocenters. The molecule has 0 bridgehead atoms. The molecule has 0 spiro atoms. The molecule has 0 heterocycles. The van der Waals surface area contributed by atoms with Gasteiger partial charge < -0.3 is 5.11 Å². The van der Waals surface area contributed by atoms with Gasteiger partial charge in [0.15, 0.2) is 0 Å². The maximum Gasteiger partial charge on any atom is 0.0991 e. The number of nitriles is 1. The zero-order chi connectivity index (χ0) is 12.8. The maximum absolute atomic E-state index is 9.11. The van der Waals surface area contributed by atoms with Crippen LogP contribution in [0.3, 0.4) is 0 Å². The van der Waals surface area contributed by atoms with E-state index in [1.54, 1.807) is 0 Å². The molecule has 2 nitrogen and oxygen atoms in total. The summed E-state index contributed by atoms with van der Waals surface area (Å²) in [6, 6.07) is 10.1. The zero-order valence-corrected chi connectivity index (χ0v) is 10.8. The van der Waals surface area contributed by atoms with Crippen LogP contribution >= 0.6 is 0 Å². The first-order chi connectivity index (χ1) is 8.81. The van der Waals surface area contributed by atoms with Gasteiger partial charge in [0.05, 0.1) is 11.6 Å². The lowest BCUT2D eigenvalue weighted by Crippen LogP contribution is -2.17. The van der Waals surface area contributed by atoms with Gasteiger partial charge in [-0.2, -0.15) is 5.26 Å². The molecule has 1 aromatic rings. The first-order valence-electron chi connectivity index (χ1n) is 6.91. The molecule has 0 saturated heterocycles. The fraction of sp³-hybridized carbons (Fsp3) is 0.562. The van der Waals surface area contributed by atoms with Crippen molar-refractivity contribution in [3.05, 3.63) is 35.4 Å². The summed E-state index contributed by atoms with van der Waals surface area (Å²) in [6.45, 7) is 0.363. The second-order valence-corrected chi connectivity index (χ2v) is 5.42. The van der Waals surface area contributed by atoms with E-state index in [1.807, 2.05) is 12.1 Å². The molecular weight excluding hydrogens is 222 g/mol. The molecule has 1 aromatic carbocycles. The predicted octanol–water partition coefficient (Wildman–Crippen LogP) is 3.29. The van der Waals surface area contributed by atoms with Crippen molar-refractivity contribution in [2.75, 3.05) is 6.61 Å². The van der Waals surface area contributed by atoms with E-state index in [1.165, 1.54) is 37.7 Å².